The molecule has 0 aliphatic carbocycles. The Hall–Kier alpha value is -2.18. The van der Waals surface area contributed by atoms with E-state index in [0.717, 1.165) is 24.9 Å². The van der Waals surface area contributed by atoms with Gasteiger partial charge in [0.2, 0.25) is 0 Å². The Morgan fingerprint density at radius 3 is 2.62 bits per heavy atom. The van der Waals surface area contributed by atoms with Crippen LogP contribution in [0.4, 0.5) is 0 Å². The number of hydrogen-bond acceptors (Lipinski definition) is 4. The van der Waals surface area contributed by atoms with Crippen molar-refractivity contribution in [1.29, 1.82) is 0 Å². The summed E-state index contributed by atoms with van der Waals surface area (Å²) >= 11 is 0. The summed E-state index contributed by atoms with van der Waals surface area (Å²) in [6.45, 7) is 4.88. The van der Waals surface area contributed by atoms with Crippen molar-refractivity contribution >= 4 is 16.7 Å². The van der Waals surface area contributed by atoms with Crippen LogP contribution < -0.4 is 5.56 Å². The summed E-state index contributed by atoms with van der Waals surface area (Å²) in [5.74, 6) is -0.144. The van der Waals surface area contributed by atoms with Crippen LogP contribution in [0.15, 0.2) is 35.1 Å². The summed E-state index contributed by atoms with van der Waals surface area (Å²) in [6, 6.07) is 9.15. The fraction of sp³-hybridized carbons (Fsp3) is 0.444. The second-order valence-corrected chi connectivity index (χ2v) is 6.17. The molecular formula is C18H23N3O3. The summed E-state index contributed by atoms with van der Waals surface area (Å²) in [5, 5.41) is 10.8. The zero-order valence-electron chi connectivity index (χ0n) is 13.9. The molecule has 1 atom stereocenters. The number of benzene rings is 1. The first-order valence-electron chi connectivity index (χ1n) is 8.40. The zero-order valence-corrected chi connectivity index (χ0v) is 13.9. The zero-order chi connectivity index (χ0) is 17.1. The Bertz CT molecular complexity index is 774. The van der Waals surface area contributed by atoms with Gasteiger partial charge in [-0.15, -0.1) is 0 Å². The molecule has 1 aromatic carbocycles. The number of aromatic nitrogens is 1. The number of rotatable bonds is 4. The van der Waals surface area contributed by atoms with E-state index in [2.05, 4.69) is 16.8 Å². The monoisotopic (exact) mass is 329 g/mol. The molecule has 2 heterocycles. The van der Waals surface area contributed by atoms with Crippen molar-refractivity contribution in [3.8, 4) is 0 Å². The molecule has 3 rings (SSSR count). The van der Waals surface area contributed by atoms with Crippen LogP contribution in [0.3, 0.4) is 0 Å². The molecular weight excluding hydrogens is 306 g/mol. The number of H-pyrrole nitrogens is 1. The number of carbonyl (C=O) groups is 1. The quantitative estimate of drug-likeness (QED) is 0.879. The molecule has 2 N–H and O–H groups in total. The lowest BCUT2D eigenvalue weighted by atomic mass is 10.1. The van der Waals surface area contributed by atoms with Crippen LogP contribution in [0.1, 0.15) is 23.8 Å². The van der Waals surface area contributed by atoms with Crippen LogP contribution in [-0.4, -0.2) is 64.6 Å². The molecule has 24 heavy (non-hydrogen) atoms. The minimum absolute atomic E-state index is 0.141. The van der Waals surface area contributed by atoms with Crippen molar-refractivity contribution in [3.05, 3.63) is 46.4 Å². The molecule has 2 aromatic rings. The number of aliphatic hydroxyl groups excluding tert-OH is 1. The number of nitrogens with one attached hydrogen (secondary N) is 1. The maximum atomic E-state index is 12.7. The van der Waals surface area contributed by atoms with Crippen LogP contribution in [-0.2, 0) is 0 Å². The molecule has 0 saturated carbocycles. The summed E-state index contributed by atoms with van der Waals surface area (Å²) < 4.78 is 0. The van der Waals surface area contributed by atoms with Crippen molar-refractivity contribution in [1.82, 2.24) is 14.8 Å². The number of hydrogen-bond donors (Lipinski definition) is 2. The van der Waals surface area contributed by atoms with Crippen LogP contribution in [0, 0.1) is 0 Å². The summed E-state index contributed by atoms with van der Waals surface area (Å²) in [6.07, 6.45) is 0.891. The fourth-order valence-corrected chi connectivity index (χ4v) is 3.29. The van der Waals surface area contributed by atoms with E-state index in [1.807, 2.05) is 18.2 Å². The number of carbonyl (C=O) groups excluding carboxylic acids is 1. The molecule has 1 amide bonds. The smallest absolute Gasteiger partial charge is 0.270 e. The van der Waals surface area contributed by atoms with Crippen LogP contribution in [0.25, 0.3) is 10.8 Å². The molecule has 1 aromatic heterocycles. The standard InChI is InChI=1S/C18H23N3O3/c1-2-14(12-22)20-7-9-21(10-8-20)18(24)16-11-13-5-3-4-6-15(13)17(23)19-16/h3-6,11,14,22H,2,7-10,12H2,1H3,(H,19,23). The molecule has 1 fully saturated rings. The number of fused-ring (bicyclic) bond motifs is 1. The highest BCUT2D eigenvalue weighted by atomic mass is 16.3. The van der Waals surface area contributed by atoms with E-state index < -0.39 is 0 Å². The predicted octanol–water partition coefficient (Wildman–Crippen LogP) is 1.06. The highest BCUT2D eigenvalue weighted by Gasteiger charge is 2.26. The second kappa shape index (κ2) is 7.15. The lowest BCUT2D eigenvalue weighted by molar-refractivity contribution is 0.0468. The Morgan fingerprint density at radius 1 is 1.25 bits per heavy atom. The Labute approximate surface area is 140 Å². The lowest BCUT2D eigenvalue weighted by Crippen LogP contribution is -2.52. The van der Waals surface area contributed by atoms with Gasteiger partial charge in [-0.1, -0.05) is 25.1 Å². The van der Waals surface area contributed by atoms with E-state index in [4.69, 9.17) is 0 Å². The SMILES string of the molecule is CCC(CO)N1CCN(C(=O)c2cc3ccccc3c(=O)[nH]2)CC1. The van der Waals surface area contributed by atoms with Crippen molar-refractivity contribution < 1.29 is 9.90 Å². The van der Waals surface area contributed by atoms with Gasteiger partial charge in [-0.3, -0.25) is 14.5 Å². The molecule has 1 saturated heterocycles. The van der Waals surface area contributed by atoms with Gasteiger partial charge in [-0.25, -0.2) is 0 Å². The van der Waals surface area contributed by atoms with Gasteiger partial charge in [0, 0.05) is 37.6 Å². The van der Waals surface area contributed by atoms with Gasteiger partial charge in [0.1, 0.15) is 5.69 Å². The van der Waals surface area contributed by atoms with Gasteiger partial charge in [0.05, 0.1) is 6.61 Å². The molecule has 0 bridgehead atoms. The van der Waals surface area contributed by atoms with Gasteiger partial charge in [-0.2, -0.15) is 0 Å². The Balaban J connectivity index is 1.75. The normalized spacial score (nSPS) is 17.2. The number of nitrogens with zero attached hydrogens (tertiary/aromatic N) is 2. The number of amides is 1. The van der Waals surface area contributed by atoms with Crippen LogP contribution in [0.5, 0.6) is 0 Å². The van der Waals surface area contributed by atoms with Crippen molar-refractivity contribution in [2.24, 2.45) is 0 Å². The van der Waals surface area contributed by atoms with Gasteiger partial charge < -0.3 is 15.0 Å². The number of piperazine rings is 1. The van der Waals surface area contributed by atoms with E-state index in [0.29, 0.717) is 24.2 Å². The summed E-state index contributed by atoms with van der Waals surface area (Å²) in [7, 11) is 0. The molecule has 0 radical (unpaired) electrons. The van der Waals surface area contributed by atoms with E-state index in [-0.39, 0.29) is 24.1 Å². The van der Waals surface area contributed by atoms with Gasteiger partial charge in [0.15, 0.2) is 0 Å². The van der Waals surface area contributed by atoms with Crippen molar-refractivity contribution in [3.63, 3.8) is 0 Å². The van der Waals surface area contributed by atoms with Gasteiger partial charge >= 0.3 is 0 Å². The van der Waals surface area contributed by atoms with E-state index in [9.17, 15) is 14.7 Å². The number of aliphatic hydroxyl groups is 1. The topological polar surface area (TPSA) is 76.6 Å². The third-order valence-corrected chi connectivity index (χ3v) is 4.78. The summed E-state index contributed by atoms with van der Waals surface area (Å²) in [4.78, 5) is 31.5. The first-order chi connectivity index (χ1) is 11.6. The second-order valence-electron chi connectivity index (χ2n) is 6.17. The molecule has 128 valence electrons. The first-order valence-corrected chi connectivity index (χ1v) is 8.40. The van der Waals surface area contributed by atoms with Gasteiger partial charge in [0.25, 0.3) is 11.5 Å². The molecule has 1 aliphatic heterocycles. The molecule has 6 heteroatoms. The molecule has 0 spiro atoms. The van der Waals surface area contributed by atoms with E-state index in [1.54, 1.807) is 17.0 Å². The third-order valence-electron chi connectivity index (χ3n) is 4.78. The molecule has 1 unspecified atom stereocenters. The van der Waals surface area contributed by atoms with Crippen molar-refractivity contribution in [2.75, 3.05) is 32.8 Å². The maximum absolute atomic E-state index is 12.7. The lowest BCUT2D eigenvalue weighted by Gasteiger charge is -2.38. The first kappa shape index (κ1) is 16.7. The largest absolute Gasteiger partial charge is 0.395 e. The Morgan fingerprint density at radius 2 is 1.96 bits per heavy atom. The third kappa shape index (κ3) is 3.20. The predicted molar refractivity (Wildman–Crippen MR) is 93.2 cm³/mol. The van der Waals surface area contributed by atoms with Crippen LogP contribution in [0.2, 0.25) is 0 Å². The molecule has 6 nitrogen and oxygen atoms in total. The average molecular weight is 329 g/mol. The molecule has 1 aliphatic rings. The Kier molecular flexibility index (Phi) is 4.97. The minimum atomic E-state index is -0.235. The highest BCUT2D eigenvalue weighted by Crippen LogP contribution is 2.14. The number of aromatic amines is 1. The van der Waals surface area contributed by atoms with E-state index in [1.165, 1.54) is 0 Å². The summed E-state index contributed by atoms with van der Waals surface area (Å²) in [5.41, 5.74) is 0.0998. The minimum Gasteiger partial charge on any atom is -0.395 e. The average Bonchev–Trinajstić information content (AvgIpc) is 2.63. The van der Waals surface area contributed by atoms with Crippen LogP contribution >= 0.6 is 0 Å². The van der Waals surface area contributed by atoms with Crippen molar-refractivity contribution in [2.45, 2.75) is 19.4 Å². The van der Waals surface area contributed by atoms with Gasteiger partial charge in [-0.05, 0) is 23.9 Å². The maximum Gasteiger partial charge on any atom is 0.270 e. The highest BCUT2D eigenvalue weighted by molar-refractivity contribution is 5.96. The number of pyridine rings is 1. The fourth-order valence-electron chi connectivity index (χ4n) is 3.29. The van der Waals surface area contributed by atoms with E-state index >= 15 is 0 Å².